The van der Waals surface area contributed by atoms with Crippen molar-refractivity contribution in [2.75, 3.05) is 5.32 Å². The highest BCUT2D eigenvalue weighted by molar-refractivity contribution is 5.93. The average molecular weight is 261 g/mol. The van der Waals surface area contributed by atoms with Gasteiger partial charge in [-0.15, -0.1) is 0 Å². The zero-order chi connectivity index (χ0) is 14.1. The number of hydrogen-bond donors (Lipinski definition) is 2. The van der Waals surface area contributed by atoms with Crippen LogP contribution in [-0.2, 0) is 9.59 Å². The lowest BCUT2D eigenvalue weighted by atomic mass is 10.2. The molecule has 0 aromatic heterocycles. The number of hydrazone groups is 1. The SMILES string of the molecule is CC/C(C)=N\NC(=O)CCC(=O)Nc1ccccc1. The number of carbonyl (C=O) groups excluding carboxylic acids is 2. The van der Waals surface area contributed by atoms with Crippen LogP contribution < -0.4 is 10.7 Å². The van der Waals surface area contributed by atoms with Gasteiger partial charge in [0.15, 0.2) is 0 Å². The Bertz CT molecular complexity index is 455. The Balaban J connectivity index is 2.29. The largest absolute Gasteiger partial charge is 0.326 e. The summed E-state index contributed by atoms with van der Waals surface area (Å²) in [6.07, 6.45) is 1.05. The number of benzene rings is 1. The molecule has 2 amide bonds. The molecule has 0 heterocycles. The second-order valence-corrected chi connectivity index (χ2v) is 4.15. The fourth-order valence-electron chi connectivity index (χ4n) is 1.26. The molecule has 0 aliphatic rings. The molecule has 0 radical (unpaired) electrons. The van der Waals surface area contributed by atoms with Gasteiger partial charge in [-0.1, -0.05) is 25.1 Å². The van der Waals surface area contributed by atoms with Crippen LogP contribution in [0.25, 0.3) is 0 Å². The summed E-state index contributed by atoms with van der Waals surface area (Å²) in [5, 5.41) is 6.61. The summed E-state index contributed by atoms with van der Waals surface area (Å²) >= 11 is 0. The fourth-order valence-corrected chi connectivity index (χ4v) is 1.26. The second kappa shape index (κ2) is 8.02. The maximum atomic E-state index is 11.6. The summed E-state index contributed by atoms with van der Waals surface area (Å²) in [4.78, 5) is 23.0. The van der Waals surface area contributed by atoms with E-state index in [1.54, 1.807) is 12.1 Å². The van der Waals surface area contributed by atoms with Crippen molar-refractivity contribution in [3.8, 4) is 0 Å². The van der Waals surface area contributed by atoms with E-state index in [2.05, 4.69) is 15.8 Å². The van der Waals surface area contributed by atoms with Gasteiger partial charge in [-0.05, 0) is 25.5 Å². The van der Waals surface area contributed by atoms with Gasteiger partial charge in [-0.25, -0.2) is 5.43 Å². The van der Waals surface area contributed by atoms with E-state index in [1.807, 2.05) is 32.0 Å². The van der Waals surface area contributed by atoms with Crippen LogP contribution in [0.15, 0.2) is 35.4 Å². The number of rotatable bonds is 6. The molecular weight excluding hydrogens is 242 g/mol. The number of nitrogens with zero attached hydrogens (tertiary/aromatic N) is 1. The summed E-state index contributed by atoms with van der Waals surface area (Å²) in [5.74, 6) is -0.437. The Morgan fingerprint density at radius 2 is 1.74 bits per heavy atom. The van der Waals surface area contributed by atoms with Gasteiger partial charge in [0, 0.05) is 24.2 Å². The molecule has 102 valence electrons. The Kier molecular flexibility index (Phi) is 6.29. The maximum Gasteiger partial charge on any atom is 0.240 e. The van der Waals surface area contributed by atoms with Crippen molar-refractivity contribution in [2.24, 2.45) is 5.10 Å². The van der Waals surface area contributed by atoms with Crippen LogP contribution in [0.3, 0.4) is 0 Å². The van der Waals surface area contributed by atoms with E-state index in [9.17, 15) is 9.59 Å². The molecule has 0 bridgehead atoms. The first kappa shape index (κ1) is 14.9. The topological polar surface area (TPSA) is 70.6 Å². The van der Waals surface area contributed by atoms with Gasteiger partial charge in [-0.3, -0.25) is 9.59 Å². The third-order valence-corrected chi connectivity index (χ3v) is 2.52. The molecule has 1 aromatic rings. The number of carbonyl (C=O) groups is 2. The number of para-hydroxylation sites is 1. The first-order valence-electron chi connectivity index (χ1n) is 6.28. The zero-order valence-corrected chi connectivity index (χ0v) is 11.3. The van der Waals surface area contributed by atoms with Gasteiger partial charge in [0.05, 0.1) is 0 Å². The van der Waals surface area contributed by atoms with E-state index >= 15 is 0 Å². The van der Waals surface area contributed by atoms with E-state index in [1.165, 1.54) is 0 Å². The average Bonchev–Trinajstić information content (AvgIpc) is 2.43. The quantitative estimate of drug-likeness (QED) is 0.609. The zero-order valence-electron chi connectivity index (χ0n) is 11.3. The molecule has 0 saturated heterocycles. The normalized spacial score (nSPS) is 10.9. The lowest BCUT2D eigenvalue weighted by molar-refractivity contribution is -0.124. The molecule has 5 heteroatoms. The number of amides is 2. The van der Waals surface area contributed by atoms with Crippen LogP contribution >= 0.6 is 0 Å². The van der Waals surface area contributed by atoms with Crippen LogP contribution in [0, 0.1) is 0 Å². The second-order valence-electron chi connectivity index (χ2n) is 4.15. The Morgan fingerprint density at radius 3 is 2.37 bits per heavy atom. The fraction of sp³-hybridized carbons (Fsp3) is 0.357. The van der Waals surface area contributed by atoms with Crippen molar-refractivity contribution in [3.05, 3.63) is 30.3 Å². The predicted molar refractivity (Wildman–Crippen MR) is 75.8 cm³/mol. The van der Waals surface area contributed by atoms with Gasteiger partial charge in [-0.2, -0.15) is 5.10 Å². The molecule has 0 spiro atoms. The van der Waals surface area contributed by atoms with Crippen molar-refractivity contribution in [1.82, 2.24) is 5.43 Å². The summed E-state index contributed by atoms with van der Waals surface area (Å²) in [7, 11) is 0. The number of hydrogen-bond acceptors (Lipinski definition) is 3. The maximum absolute atomic E-state index is 11.6. The van der Waals surface area contributed by atoms with Crippen LogP contribution in [0.2, 0.25) is 0 Å². The molecule has 0 saturated carbocycles. The number of nitrogens with one attached hydrogen (secondary N) is 2. The van der Waals surface area contributed by atoms with Crippen LogP contribution in [0.4, 0.5) is 5.69 Å². The molecule has 0 aliphatic heterocycles. The lowest BCUT2D eigenvalue weighted by Crippen LogP contribution is -2.21. The molecule has 1 rings (SSSR count). The first-order valence-corrected chi connectivity index (χ1v) is 6.28. The van der Waals surface area contributed by atoms with Gasteiger partial charge in [0.25, 0.3) is 0 Å². The third kappa shape index (κ3) is 6.35. The highest BCUT2D eigenvalue weighted by atomic mass is 16.2. The highest BCUT2D eigenvalue weighted by Gasteiger charge is 2.06. The Morgan fingerprint density at radius 1 is 1.11 bits per heavy atom. The van der Waals surface area contributed by atoms with Crippen molar-refractivity contribution < 1.29 is 9.59 Å². The van der Waals surface area contributed by atoms with Gasteiger partial charge < -0.3 is 5.32 Å². The molecule has 5 nitrogen and oxygen atoms in total. The van der Waals surface area contributed by atoms with E-state index in [-0.39, 0.29) is 24.7 Å². The van der Waals surface area contributed by atoms with Gasteiger partial charge in [0.2, 0.25) is 11.8 Å². The Labute approximate surface area is 113 Å². The Hall–Kier alpha value is -2.17. The monoisotopic (exact) mass is 261 g/mol. The highest BCUT2D eigenvalue weighted by Crippen LogP contribution is 2.05. The van der Waals surface area contributed by atoms with E-state index in [4.69, 9.17) is 0 Å². The van der Waals surface area contributed by atoms with Crippen LogP contribution in [-0.4, -0.2) is 17.5 Å². The molecule has 0 atom stereocenters. The molecule has 0 fully saturated rings. The third-order valence-electron chi connectivity index (χ3n) is 2.52. The minimum atomic E-state index is -0.254. The summed E-state index contributed by atoms with van der Waals surface area (Å²) in [6, 6.07) is 9.14. The van der Waals surface area contributed by atoms with Gasteiger partial charge >= 0.3 is 0 Å². The summed E-state index contributed by atoms with van der Waals surface area (Å²) in [6.45, 7) is 3.79. The standard InChI is InChI=1S/C14H19N3O2/c1-3-11(2)16-17-14(19)10-9-13(18)15-12-7-5-4-6-8-12/h4-8H,3,9-10H2,1-2H3,(H,15,18)(H,17,19)/b16-11-. The van der Waals surface area contributed by atoms with Crippen LogP contribution in [0.5, 0.6) is 0 Å². The van der Waals surface area contributed by atoms with Crippen molar-refractivity contribution in [3.63, 3.8) is 0 Å². The molecule has 1 aromatic carbocycles. The van der Waals surface area contributed by atoms with Crippen LogP contribution in [0.1, 0.15) is 33.1 Å². The van der Waals surface area contributed by atoms with E-state index in [0.29, 0.717) is 0 Å². The van der Waals surface area contributed by atoms with Crippen molar-refractivity contribution in [1.29, 1.82) is 0 Å². The molecule has 0 aliphatic carbocycles. The smallest absolute Gasteiger partial charge is 0.240 e. The lowest BCUT2D eigenvalue weighted by Gasteiger charge is -2.04. The number of anilines is 1. The van der Waals surface area contributed by atoms with E-state index < -0.39 is 0 Å². The summed E-state index contributed by atoms with van der Waals surface area (Å²) < 4.78 is 0. The minimum Gasteiger partial charge on any atom is -0.326 e. The molecule has 0 unspecified atom stereocenters. The molecular formula is C14H19N3O2. The minimum absolute atomic E-state index is 0.124. The molecule has 19 heavy (non-hydrogen) atoms. The van der Waals surface area contributed by atoms with E-state index in [0.717, 1.165) is 17.8 Å². The van der Waals surface area contributed by atoms with Crippen molar-refractivity contribution >= 4 is 23.2 Å². The van der Waals surface area contributed by atoms with Gasteiger partial charge in [0.1, 0.15) is 0 Å². The first-order chi connectivity index (χ1) is 9.11. The predicted octanol–water partition coefficient (Wildman–Crippen LogP) is 2.31. The molecule has 2 N–H and O–H groups in total. The summed E-state index contributed by atoms with van der Waals surface area (Å²) in [5.41, 5.74) is 4.00. The van der Waals surface area contributed by atoms with Crippen molar-refractivity contribution in [2.45, 2.75) is 33.1 Å².